The monoisotopic (exact) mass is 476 g/mol. The number of hydrogen-bond donors (Lipinski definition) is 1. The van der Waals surface area contributed by atoms with Gasteiger partial charge in [0.1, 0.15) is 0 Å². The third kappa shape index (κ3) is 22.5. The number of amides is 1. The molecule has 0 aromatic heterocycles. The van der Waals surface area contributed by atoms with Crippen molar-refractivity contribution in [1.82, 2.24) is 10.2 Å². The predicted octanol–water partition coefficient (Wildman–Crippen LogP) is 8.19. The number of nitrogens with one attached hydrogen (secondary N) is 1. The largest absolute Gasteiger partial charge is 0.471 e. The fourth-order valence-electron chi connectivity index (χ4n) is 3.95. The van der Waals surface area contributed by atoms with E-state index in [9.17, 15) is 18.0 Å². The first kappa shape index (κ1) is 32.0. The van der Waals surface area contributed by atoms with Crippen molar-refractivity contribution in [3.8, 4) is 0 Å². The number of carbonyl (C=O) groups is 1. The van der Waals surface area contributed by atoms with E-state index in [-0.39, 0.29) is 6.54 Å². The van der Waals surface area contributed by atoms with Gasteiger partial charge in [0.25, 0.3) is 0 Å². The van der Waals surface area contributed by atoms with Crippen molar-refractivity contribution in [1.29, 1.82) is 0 Å². The van der Waals surface area contributed by atoms with Crippen molar-refractivity contribution in [2.45, 2.75) is 129 Å². The number of alkyl halides is 3. The molecular weight excluding hydrogens is 425 g/mol. The molecule has 0 fully saturated rings. The van der Waals surface area contributed by atoms with Crippen LogP contribution < -0.4 is 5.32 Å². The van der Waals surface area contributed by atoms with Gasteiger partial charge in [-0.3, -0.25) is 4.79 Å². The zero-order valence-electron chi connectivity index (χ0n) is 21.5. The van der Waals surface area contributed by atoms with Gasteiger partial charge in [0.05, 0.1) is 0 Å². The van der Waals surface area contributed by atoms with E-state index in [1.165, 1.54) is 90.3 Å². The number of allylic oxidation sites excluding steroid dienone is 2. The van der Waals surface area contributed by atoms with Gasteiger partial charge in [-0.25, -0.2) is 0 Å². The Balaban J connectivity index is 3.38. The summed E-state index contributed by atoms with van der Waals surface area (Å²) >= 11 is 0. The quantitative estimate of drug-likeness (QED) is 0.119. The number of carbonyl (C=O) groups excluding carboxylic acids is 1. The van der Waals surface area contributed by atoms with E-state index in [4.69, 9.17) is 0 Å². The molecule has 0 rings (SSSR count). The Labute approximate surface area is 202 Å². The summed E-state index contributed by atoms with van der Waals surface area (Å²) < 4.78 is 36.1. The van der Waals surface area contributed by atoms with Crippen LogP contribution in [0.2, 0.25) is 0 Å². The Kier molecular flexibility index (Phi) is 22.0. The van der Waals surface area contributed by atoms with Crippen LogP contribution in [0.3, 0.4) is 0 Å². The Morgan fingerprint density at radius 1 is 0.697 bits per heavy atom. The Hall–Kier alpha value is -1.04. The molecule has 1 N–H and O–H groups in total. The molecule has 3 nitrogen and oxygen atoms in total. The molecule has 0 saturated heterocycles. The zero-order chi connectivity index (χ0) is 24.6. The SMILES string of the molecule is CCCCCCCCN(CC)CCCCC/C=C\CCCCCCCCNC(=O)C(F)(F)F. The van der Waals surface area contributed by atoms with Crippen LogP contribution in [0.1, 0.15) is 123 Å². The lowest BCUT2D eigenvalue weighted by molar-refractivity contribution is -0.173. The number of unbranched alkanes of at least 4 members (excludes halogenated alkanes) is 14. The molecule has 0 atom stereocenters. The molecular formula is C27H51F3N2O. The third-order valence-corrected chi connectivity index (χ3v) is 6.13. The van der Waals surface area contributed by atoms with Gasteiger partial charge in [-0.05, 0) is 64.6 Å². The highest BCUT2D eigenvalue weighted by molar-refractivity contribution is 5.81. The zero-order valence-corrected chi connectivity index (χ0v) is 21.5. The van der Waals surface area contributed by atoms with Crippen LogP contribution >= 0.6 is 0 Å². The second kappa shape index (κ2) is 22.7. The van der Waals surface area contributed by atoms with Crippen LogP contribution in [0.5, 0.6) is 0 Å². The first-order chi connectivity index (χ1) is 15.9. The van der Waals surface area contributed by atoms with E-state index in [1.807, 2.05) is 5.32 Å². The van der Waals surface area contributed by atoms with Crippen LogP contribution in [-0.4, -0.2) is 43.2 Å². The molecule has 0 aromatic carbocycles. The average molecular weight is 477 g/mol. The highest BCUT2D eigenvalue weighted by atomic mass is 19.4. The van der Waals surface area contributed by atoms with Gasteiger partial charge in [-0.2, -0.15) is 13.2 Å². The molecule has 0 bridgehead atoms. The maximum Gasteiger partial charge on any atom is 0.471 e. The van der Waals surface area contributed by atoms with Crippen molar-refractivity contribution in [3.05, 3.63) is 12.2 Å². The molecule has 0 saturated carbocycles. The minimum absolute atomic E-state index is 0.108. The number of nitrogens with zero attached hydrogens (tertiary/aromatic N) is 1. The molecule has 0 heterocycles. The molecule has 1 amide bonds. The minimum Gasteiger partial charge on any atom is -0.348 e. The molecule has 196 valence electrons. The Morgan fingerprint density at radius 3 is 1.67 bits per heavy atom. The van der Waals surface area contributed by atoms with E-state index in [1.54, 1.807) is 0 Å². The van der Waals surface area contributed by atoms with Crippen molar-refractivity contribution in [2.24, 2.45) is 0 Å². The summed E-state index contributed by atoms with van der Waals surface area (Å²) in [6.07, 6.45) is 20.2. The maximum absolute atomic E-state index is 12.0. The summed E-state index contributed by atoms with van der Waals surface area (Å²) in [5.74, 6) is -1.83. The summed E-state index contributed by atoms with van der Waals surface area (Å²) in [5.41, 5.74) is 0. The van der Waals surface area contributed by atoms with E-state index in [0.29, 0.717) is 6.42 Å². The second-order valence-electron chi connectivity index (χ2n) is 9.19. The van der Waals surface area contributed by atoms with Crippen molar-refractivity contribution >= 4 is 5.91 Å². The standard InChI is InChI=1S/C27H51F3N2O/c1-3-5-6-7-18-21-24-32(4-2)25-22-19-16-14-12-10-8-9-11-13-15-17-20-23-31-26(33)27(28,29)30/h10,12H,3-9,11,13-25H2,1-2H3,(H,31,33)/b12-10-. The molecule has 0 radical (unpaired) electrons. The van der Waals surface area contributed by atoms with Gasteiger partial charge >= 0.3 is 12.1 Å². The van der Waals surface area contributed by atoms with Gasteiger partial charge in [0.2, 0.25) is 0 Å². The molecule has 0 unspecified atom stereocenters. The lowest BCUT2D eigenvalue weighted by Crippen LogP contribution is -2.37. The number of rotatable bonds is 23. The van der Waals surface area contributed by atoms with Crippen LogP contribution in [0.15, 0.2) is 12.2 Å². The molecule has 0 aliphatic carbocycles. The Morgan fingerprint density at radius 2 is 1.15 bits per heavy atom. The highest BCUT2D eigenvalue weighted by Crippen LogP contribution is 2.14. The minimum atomic E-state index is -4.77. The maximum atomic E-state index is 12.0. The normalized spacial score (nSPS) is 12.2. The summed E-state index contributed by atoms with van der Waals surface area (Å²) in [4.78, 5) is 13.3. The van der Waals surface area contributed by atoms with Gasteiger partial charge in [-0.15, -0.1) is 0 Å². The van der Waals surface area contributed by atoms with Crippen LogP contribution in [0.25, 0.3) is 0 Å². The average Bonchev–Trinajstić information content (AvgIpc) is 2.78. The fraction of sp³-hybridized carbons (Fsp3) is 0.889. The Bertz CT molecular complexity index is 467. The van der Waals surface area contributed by atoms with E-state index in [0.717, 1.165) is 32.1 Å². The molecule has 33 heavy (non-hydrogen) atoms. The topological polar surface area (TPSA) is 32.3 Å². The number of hydrogen-bond acceptors (Lipinski definition) is 2. The van der Waals surface area contributed by atoms with Gasteiger partial charge < -0.3 is 10.2 Å². The van der Waals surface area contributed by atoms with Crippen molar-refractivity contribution in [2.75, 3.05) is 26.2 Å². The molecule has 0 aliphatic heterocycles. The lowest BCUT2D eigenvalue weighted by Gasteiger charge is -2.20. The third-order valence-electron chi connectivity index (χ3n) is 6.13. The molecule has 0 aromatic rings. The molecule has 0 aliphatic rings. The molecule has 0 spiro atoms. The van der Waals surface area contributed by atoms with Crippen LogP contribution in [-0.2, 0) is 4.79 Å². The summed E-state index contributed by atoms with van der Waals surface area (Å²) in [5, 5.41) is 1.91. The summed E-state index contributed by atoms with van der Waals surface area (Å²) in [6, 6.07) is 0. The molecule has 6 heteroatoms. The lowest BCUT2D eigenvalue weighted by atomic mass is 10.1. The highest BCUT2D eigenvalue weighted by Gasteiger charge is 2.38. The summed E-state index contributed by atoms with van der Waals surface area (Å²) in [7, 11) is 0. The first-order valence-electron chi connectivity index (χ1n) is 13.6. The van der Waals surface area contributed by atoms with Crippen molar-refractivity contribution in [3.63, 3.8) is 0 Å². The van der Waals surface area contributed by atoms with Crippen LogP contribution in [0.4, 0.5) is 13.2 Å². The van der Waals surface area contributed by atoms with Gasteiger partial charge in [0, 0.05) is 6.54 Å². The van der Waals surface area contributed by atoms with Gasteiger partial charge in [0.15, 0.2) is 0 Å². The predicted molar refractivity (Wildman–Crippen MR) is 134 cm³/mol. The first-order valence-corrected chi connectivity index (χ1v) is 13.6. The van der Waals surface area contributed by atoms with E-state index in [2.05, 4.69) is 30.9 Å². The van der Waals surface area contributed by atoms with Crippen LogP contribution in [0, 0.1) is 0 Å². The second-order valence-corrected chi connectivity index (χ2v) is 9.19. The smallest absolute Gasteiger partial charge is 0.348 e. The summed E-state index contributed by atoms with van der Waals surface area (Å²) in [6.45, 7) is 8.32. The fourth-order valence-corrected chi connectivity index (χ4v) is 3.95. The van der Waals surface area contributed by atoms with E-state index >= 15 is 0 Å². The number of halogens is 3. The van der Waals surface area contributed by atoms with Crippen molar-refractivity contribution < 1.29 is 18.0 Å². The van der Waals surface area contributed by atoms with Gasteiger partial charge in [-0.1, -0.05) is 90.2 Å². The van der Waals surface area contributed by atoms with E-state index < -0.39 is 12.1 Å².